The first-order valence-corrected chi connectivity index (χ1v) is 10.7. The maximum absolute atomic E-state index is 12.9. The molecule has 0 unspecified atom stereocenters. The van der Waals surface area contributed by atoms with E-state index in [0.717, 1.165) is 11.1 Å². The van der Waals surface area contributed by atoms with Gasteiger partial charge in [0, 0.05) is 11.8 Å². The quantitative estimate of drug-likeness (QED) is 0.526. The van der Waals surface area contributed by atoms with Crippen LogP contribution in [-0.2, 0) is 4.79 Å². The van der Waals surface area contributed by atoms with Crippen molar-refractivity contribution >= 4 is 23.2 Å². The molecule has 0 radical (unpaired) electrons. The van der Waals surface area contributed by atoms with Crippen LogP contribution >= 0.6 is 0 Å². The van der Waals surface area contributed by atoms with E-state index in [0.29, 0.717) is 34.2 Å². The molecule has 33 heavy (non-hydrogen) atoms. The molecule has 0 saturated heterocycles. The molecule has 0 fully saturated rings. The Morgan fingerprint density at radius 3 is 2.58 bits per heavy atom. The molecular formula is C26H26N2O5. The average molecular weight is 447 g/mol. The smallest absolute Gasteiger partial charge is 0.262 e. The van der Waals surface area contributed by atoms with Crippen LogP contribution in [0, 0.1) is 6.92 Å². The first-order valence-electron chi connectivity index (χ1n) is 10.7. The van der Waals surface area contributed by atoms with E-state index < -0.39 is 0 Å². The number of anilines is 2. The maximum Gasteiger partial charge on any atom is 0.262 e. The number of fused-ring (bicyclic) bond motifs is 1. The molecule has 3 aromatic carbocycles. The Kier molecular flexibility index (Phi) is 6.49. The molecule has 0 aromatic heterocycles. The highest BCUT2D eigenvalue weighted by Crippen LogP contribution is 2.34. The second-order valence-corrected chi connectivity index (χ2v) is 8.10. The van der Waals surface area contributed by atoms with Gasteiger partial charge in [0.05, 0.1) is 11.3 Å². The summed E-state index contributed by atoms with van der Waals surface area (Å²) < 4.78 is 16.5. The molecule has 2 amide bonds. The first kappa shape index (κ1) is 22.2. The number of para-hydroxylation sites is 1. The highest BCUT2D eigenvalue weighted by atomic mass is 16.7. The molecule has 1 heterocycles. The van der Waals surface area contributed by atoms with Gasteiger partial charge in [0.25, 0.3) is 11.8 Å². The SMILES string of the molecule is Cc1ccc(C(C)C)c(OCC(=O)Nc2ccccc2C(=O)Nc2ccc3c(c2)OCO3)c1. The number of carbonyl (C=O) groups is 2. The molecule has 0 bridgehead atoms. The fourth-order valence-electron chi connectivity index (χ4n) is 3.54. The minimum atomic E-state index is -0.355. The highest BCUT2D eigenvalue weighted by Gasteiger charge is 2.17. The fourth-order valence-corrected chi connectivity index (χ4v) is 3.54. The van der Waals surface area contributed by atoms with Crippen LogP contribution in [0.5, 0.6) is 17.2 Å². The summed E-state index contributed by atoms with van der Waals surface area (Å²) in [5.41, 5.74) is 3.39. The van der Waals surface area contributed by atoms with E-state index in [-0.39, 0.29) is 31.1 Å². The monoisotopic (exact) mass is 446 g/mol. The highest BCUT2D eigenvalue weighted by molar-refractivity contribution is 6.10. The number of amides is 2. The van der Waals surface area contributed by atoms with Crippen LogP contribution in [0.3, 0.4) is 0 Å². The van der Waals surface area contributed by atoms with Gasteiger partial charge in [0.1, 0.15) is 5.75 Å². The Morgan fingerprint density at radius 1 is 0.970 bits per heavy atom. The number of nitrogens with one attached hydrogen (secondary N) is 2. The lowest BCUT2D eigenvalue weighted by Gasteiger charge is -2.15. The number of rotatable bonds is 7. The molecule has 170 valence electrons. The fraction of sp³-hybridized carbons (Fsp3) is 0.231. The van der Waals surface area contributed by atoms with Crippen molar-refractivity contribution in [2.45, 2.75) is 26.7 Å². The van der Waals surface area contributed by atoms with Gasteiger partial charge in [0.2, 0.25) is 6.79 Å². The second-order valence-electron chi connectivity index (χ2n) is 8.10. The molecular weight excluding hydrogens is 420 g/mol. The largest absolute Gasteiger partial charge is 0.483 e. The maximum atomic E-state index is 12.9. The van der Waals surface area contributed by atoms with Crippen LogP contribution < -0.4 is 24.8 Å². The van der Waals surface area contributed by atoms with Crippen LogP contribution in [0.1, 0.15) is 41.3 Å². The van der Waals surface area contributed by atoms with Gasteiger partial charge < -0.3 is 24.8 Å². The van der Waals surface area contributed by atoms with Crippen molar-refractivity contribution < 1.29 is 23.8 Å². The van der Waals surface area contributed by atoms with E-state index in [1.807, 2.05) is 25.1 Å². The summed E-state index contributed by atoms with van der Waals surface area (Å²) in [5.74, 6) is 1.46. The van der Waals surface area contributed by atoms with E-state index >= 15 is 0 Å². The number of carbonyl (C=O) groups excluding carboxylic acids is 2. The van der Waals surface area contributed by atoms with Crippen molar-refractivity contribution in [3.05, 3.63) is 77.4 Å². The zero-order valence-corrected chi connectivity index (χ0v) is 18.8. The average Bonchev–Trinajstić information content (AvgIpc) is 3.26. The van der Waals surface area contributed by atoms with Crippen LogP contribution in [0.25, 0.3) is 0 Å². The predicted octanol–water partition coefficient (Wildman–Crippen LogP) is 5.12. The standard InChI is InChI=1S/C26H26N2O5/c1-16(2)19-10-8-17(3)12-23(19)31-14-25(29)28-21-7-5-4-6-20(21)26(30)27-18-9-11-22-24(13-18)33-15-32-22/h4-13,16H,14-15H2,1-3H3,(H,27,30)(H,28,29). The van der Waals surface area contributed by atoms with Gasteiger partial charge in [-0.2, -0.15) is 0 Å². The normalized spacial score (nSPS) is 11.9. The second kappa shape index (κ2) is 9.65. The Morgan fingerprint density at radius 2 is 1.76 bits per heavy atom. The van der Waals surface area contributed by atoms with Crippen LogP contribution in [0.15, 0.2) is 60.7 Å². The molecule has 4 rings (SSSR count). The summed E-state index contributed by atoms with van der Waals surface area (Å²) in [7, 11) is 0. The third-order valence-corrected chi connectivity index (χ3v) is 5.23. The zero-order valence-electron chi connectivity index (χ0n) is 18.8. The summed E-state index contributed by atoms with van der Waals surface area (Å²) in [6.45, 7) is 6.12. The van der Waals surface area contributed by atoms with Gasteiger partial charge in [-0.15, -0.1) is 0 Å². The number of hydrogen-bond donors (Lipinski definition) is 2. The van der Waals surface area contributed by atoms with E-state index in [9.17, 15) is 9.59 Å². The molecule has 7 heteroatoms. The van der Waals surface area contributed by atoms with Gasteiger partial charge >= 0.3 is 0 Å². The van der Waals surface area contributed by atoms with Gasteiger partial charge in [-0.3, -0.25) is 9.59 Å². The molecule has 1 aliphatic heterocycles. The summed E-state index contributed by atoms with van der Waals surface area (Å²) in [6, 6.07) is 18.0. The summed E-state index contributed by atoms with van der Waals surface area (Å²) in [5, 5.41) is 5.61. The first-order chi connectivity index (χ1) is 15.9. The third kappa shape index (κ3) is 5.26. The van der Waals surface area contributed by atoms with E-state index in [1.165, 1.54) is 0 Å². The van der Waals surface area contributed by atoms with E-state index in [2.05, 4.69) is 24.5 Å². The summed E-state index contributed by atoms with van der Waals surface area (Å²) >= 11 is 0. The predicted molar refractivity (Wildman–Crippen MR) is 126 cm³/mol. The molecule has 2 N–H and O–H groups in total. The Hall–Kier alpha value is -4.00. The van der Waals surface area contributed by atoms with Gasteiger partial charge in [0.15, 0.2) is 18.1 Å². The minimum Gasteiger partial charge on any atom is -0.483 e. The number of hydrogen-bond acceptors (Lipinski definition) is 5. The van der Waals surface area contributed by atoms with Gasteiger partial charge in [-0.1, -0.05) is 38.1 Å². The van der Waals surface area contributed by atoms with Crippen molar-refractivity contribution in [2.24, 2.45) is 0 Å². The Bertz CT molecular complexity index is 1190. The van der Waals surface area contributed by atoms with Gasteiger partial charge in [-0.25, -0.2) is 0 Å². The molecule has 1 aliphatic rings. The molecule has 0 spiro atoms. The van der Waals surface area contributed by atoms with Crippen molar-refractivity contribution in [3.63, 3.8) is 0 Å². The molecule has 7 nitrogen and oxygen atoms in total. The lowest BCUT2D eigenvalue weighted by atomic mass is 10.0. The zero-order chi connectivity index (χ0) is 23.4. The number of aryl methyl sites for hydroxylation is 1. The van der Waals surface area contributed by atoms with E-state index in [4.69, 9.17) is 14.2 Å². The molecule has 0 aliphatic carbocycles. The number of benzene rings is 3. The van der Waals surface area contributed by atoms with Crippen molar-refractivity contribution in [1.29, 1.82) is 0 Å². The van der Waals surface area contributed by atoms with Crippen molar-refractivity contribution in [1.82, 2.24) is 0 Å². The van der Waals surface area contributed by atoms with Crippen molar-refractivity contribution in [2.75, 3.05) is 24.0 Å². The Balaban J connectivity index is 1.43. The summed E-state index contributed by atoms with van der Waals surface area (Å²) in [6.07, 6.45) is 0. The lowest BCUT2D eigenvalue weighted by Crippen LogP contribution is -2.23. The van der Waals surface area contributed by atoms with E-state index in [1.54, 1.807) is 42.5 Å². The topological polar surface area (TPSA) is 85.9 Å². The molecule has 0 saturated carbocycles. The summed E-state index contributed by atoms with van der Waals surface area (Å²) in [4.78, 5) is 25.5. The Labute approximate surface area is 192 Å². The van der Waals surface area contributed by atoms with Gasteiger partial charge in [-0.05, 0) is 54.3 Å². The minimum absolute atomic E-state index is 0.158. The molecule has 0 atom stereocenters. The third-order valence-electron chi connectivity index (χ3n) is 5.23. The number of ether oxygens (including phenoxy) is 3. The van der Waals surface area contributed by atoms with Crippen LogP contribution in [-0.4, -0.2) is 25.2 Å². The molecule has 3 aromatic rings. The van der Waals surface area contributed by atoms with Crippen LogP contribution in [0.2, 0.25) is 0 Å². The van der Waals surface area contributed by atoms with Crippen molar-refractivity contribution in [3.8, 4) is 17.2 Å². The van der Waals surface area contributed by atoms with Crippen LogP contribution in [0.4, 0.5) is 11.4 Å². The lowest BCUT2D eigenvalue weighted by molar-refractivity contribution is -0.118.